The van der Waals surface area contributed by atoms with E-state index in [-0.39, 0.29) is 42.2 Å². The fourth-order valence-corrected chi connectivity index (χ4v) is 5.85. The number of rotatable bonds is 6. The Morgan fingerprint density at radius 3 is 2.84 bits per heavy atom. The molecule has 1 aromatic rings. The van der Waals surface area contributed by atoms with Crippen LogP contribution in [-0.2, 0) is 15.0 Å². The molecule has 13 heteroatoms. The number of nitrogens with two attached hydrogens (primary N) is 1. The van der Waals surface area contributed by atoms with E-state index in [9.17, 15) is 19.5 Å². The van der Waals surface area contributed by atoms with Gasteiger partial charge in [-0.05, 0) is 24.3 Å². The first kappa shape index (κ1) is 26.2. The molecule has 0 aliphatic carbocycles. The quantitative estimate of drug-likeness (QED) is 0.195. The van der Waals surface area contributed by atoms with Crippen LogP contribution in [0.15, 0.2) is 18.2 Å². The van der Waals surface area contributed by atoms with Crippen LogP contribution in [0.5, 0.6) is 5.75 Å². The molecule has 3 saturated heterocycles. The van der Waals surface area contributed by atoms with Crippen molar-refractivity contribution in [3.63, 3.8) is 0 Å². The van der Waals surface area contributed by atoms with Crippen LogP contribution in [0.4, 0.5) is 0 Å². The molecule has 206 valence electrons. The third-order valence-corrected chi connectivity index (χ3v) is 8.12. The summed E-state index contributed by atoms with van der Waals surface area (Å²) in [4.78, 5) is 37.2. The van der Waals surface area contributed by atoms with Crippen molar-refractivity contribution in [2.75, 3.05) is 19.7 Å². The standard InChI is InChI=1S/C25H36N8O5/c1-24(2)8-9-38-18-12(4-3-5-13(18)24)21(36)31-16-11-29-25(20(16)35)19(32-23(27)33-25)14(26)10-28-22(37)15-6-7-17(34)30-15/h3-5,14-16,19-20,29,35H,6-11,26H2,1-2H3,(H,28,37)(H,30,34)(H,31,36)(H3,27,32,33)/t14-,15?,16?,19?,20+,25?/m0/s1. The Kier molecular flexibility index (Phi) is 6.70. The molecule has 4 unspecified atom stereocenters. The number of nitrogens with one attached hydrogen (secondary N) is 7. The van der Waals surface area contributed by atoms with Crippen molar-refractivity contribution in [1.29, 1.82) is 5.41 Å². The number of guanidine groups is 1. The van der Waals surface area contributed by atoms with Crippen LogP contribution < -0.4 is 42.4 Å². The minimum atomic E-state index is -1.24. The van der Waals surface area contributed by atoms with E-state index < -0.39 is 35.9 Å². The second-order valence-corrected chi connectivity index (χ2v) is 11.1. The van der Waals surface area contributed by atoms with Gasteiger partial charge in [0.15, 0.2) is 5.96 Å². The normalized spacial score (nSPS) is 32.0. The number of carbonyl (C=O) groups excluding carboxylic acids is 3. The second kappa shape index (κ2) is 9.71. The molecule has 3 fully saturated rings. The van der Waals surface area contributed by atoms with Gasteiger partial charge in [0.05, 0.1) is 24.3 Å². The fraction of sp³-hybridized carbons (Fsp3) is 0.600. The number of hydrogen-bond acceptors (Lipinski definition) is 8. The minimum Gasteiger partial charge on any atom is -0.492 e. The summed E-state index contributed by atoms with van der Waals surface area (Å²) in [5.74, 6) is -0.335. The van der Waals surface area contributed by atoms with Crippen molar-refractivity contribution in [2.24, 2.45) is 5.73 Å². The number of aliphatic hydroxyl groups is 1. The van der Waals surface area contributed by atoms with Gasteiger partial charge in [0.1, 0.15) is 23.6 Å². The summed E-state index contributed by atoms with van der Waals surface area (Å²) in [6.45, 7) is 5.03. The second-order valence-electron chi connectivity index (χ2n) is 11.1. The summed E-state index contributed by atoms with van der Waals surface area (Å²) < 4.78 is 5.88. The number of ether oxygens (including phenoxy) is 1. The van der Waals surface area contributed by atoms with Crippen LogP contribution in [-0.4, -0.2) is 84.4 Å². The molecule has 10 N–H and O–H groups in total. The molecule has 38 heavy (non-hydrogen) atoms. The molecule has 1 aromatic carbocycles. The Bertz CT molecular complexity index is 1160. The zero-order valence-electron chi connectivity index (χ0n) is 21.5. The molecule has 4 aliphatic rings. The third-order valence-electron chi connectivity index (χ3n) is 8.12. The SMILES string of the molecule is CC1(C)CCOc2c(C(=O)NC3CNC4(NC(=N)NC4[C@@H](N)CNC(=O)C4CCC(=O)N4)[C@@H]3O)cccc21. The van der Waals surface area contributed by atoms with E-state index in [0.717, 1.165) is 12.0 Å². The number of hydrogen-bond donors (Lipinski definition) is 9. The monoisotopic (exact) mass is 528 g/mol. The molecular weight excluding hydrogens is 492 g/mol. The predicted octanol–water partition coefficient (Wildman–Crippen LogP) is -2.28. The first-order valence-corrected chi connectivity index (χ1v) is 13.0. The Labute approximate surface area is 220 Å². The van der Waals surface area contributed by atoms with Gasteiger partial charge in [-0.2, -0.15) is 0 Å². The lowest BCUT2D eigenvalue weighted by Crippen LogP contribution is -2.70. The molecule has 0 aromatic heterocycles. The number of para-hydroxylation sites is 1. The predicted molar refractivity (Wildman–Crippen MR) is 138 cm³/mol. The maximum atomic E-state index is 13.3. The summed E-state index contributed by atoms with van der Waals surface area (Å²) in [7, 11) is 0. The number of aliphatic hydroxyl groups excluding tert-OH is 1. The van der Waals surface area contributed by atoms with Gasteiger partial charge in [-0.1, -0.05) is 26.0 Å². The van der Waals surface area contributed by atoms with Crippen molar-refractivity contribution in [3.05, 3.63) is 29.3 Å². The third kappa shape index (κ3) is 4.54. The molecule has 3 amide bonds. The number of benzene rings is 1. The Hall–Kier alpha value is -3.42. The number of amides is 3. The highest BCUT2D eigenvalue weighted by molar-refractivity contribution is 5.98. The molecule has 1 spiro atoms. The van der Waals surface area contributed by atoms with Gasteiger partial charge in [0.2, 0.25) is 11.8 Å². The molecule has 4 aliphatic heterocycles. The lowest BCUT2D eigenvalue weighted by atomic mass is 9.79. The first-order chi connectivity index (χ1) is 18.0. The molecular formula is C25H36N8O5. The van der Waals surface area contributed by atoms with Crippen LogP contribution in [0.25, 0.3) is 0 Å². The van der Waals surface area contributed by atoms with Crippen LogP contribution in [0.1, 0.15) is 49.0 Å². The largest absolute Gasteiger partial charge is 0.492 e. The molecule has 6 atom stereocenters. The lowest BCUT2D eigenvalue weighted by molar-refractivity contribution is -0.125. The van der Waals surface area contributed by atoms with E-state index in [1.807, 2.05) is 12.1 Å². The van der Waals surface area contributed by atoms with E-state index >= 15 is 0 Å². The molecule has 0 radical (unpaired) electrons. The highest BCUT2D eigenvalue weighted by Crippen LogP contribution is 2.40. The topological polar surface area (TPSA) is 203 Å². The average molecular weight is 529 g/mol. The van der Waals surface area contributed by atoms with Gasteiger partial charge >= 0.3 is 0 Å². The summed E-state index contributed by atoms with van der Waals surface area (Å²) in [6.07, 6.45) is 0.421. The number of fused-ring (bicyclic) bond motifs is 1. The summed E-state index contributed by atoms with van der Waals surface area (Å²) in [5.41, 5.74) is 6.43. The fourth-order valence-electron chi connectivity index (χ4n) is 5.85. The Morgan fingerprint density at radius 2 is 2.11 bits per heavy atom. The van der Waals surface area contributed by atoms with Crippen LogP contribution >= 0.6 is 0 Å². The lowest BCUT2D eigenvalue weighted by Gasteiger charge is -2.37. The smallest absolute Gasteiger partial charge is 0.255 e. The van der Waals surface area contributed by atoms with Gasteiger partial charge in [-0.3, -0.25) is 25.1 Å². The van der Waals surface area contributed by atoms with Crippen LogP contribution in [0.2, 0.25) is 0 Å². The van der Waals surface area contributed by atoms with Crippen LogP contribution in [0, 0.1) is 5.41 Å². The van der Waals surface area contributed by atoms with Crippen molar-refractivity contribution >= 4 is 23.7 Å². The van der Waals surface area contributed by atoms with Gasteiger partial charge in [-0.25, -0.2) is 0 Å². The van der Waals surface area contributed by atoms with Gasteiger partial charge < -0.3 is 42.2 Å². The summed E-state index contributed by atoms with van der Waals surface area (Å²) in [5, 5.41) is 36.9. The van der Waals surface area contributed by atoms with E-state index in [4.69, 9.17) is 15.9 Å². The highest BCUT2D eigenvalue weighted by Gasteiger charge is 2.58. The van der Waals surface area contributed by atoms with Gasteiger partial charge in [0.25, 0.3) is 5.91 Å². The van der Waals surface area contributed by atoms with Crippen LogP contribution in [0.3, 0.4) is 0 Å². The summed E-state index contributed by atoms with van der Waals surface area (Å²) in [6, 6.07) is 2.84. The minimum absolute atomic E-state index is 0.0360. The average Bonchev–Trinajstić information content (AvgIpc) is 3.55. The van der Waals surface area contributed by atoms with Gasteiger partial charge in [-0.15, -0.1) is 0 Å². The molecule has 5 rings (SSSR count). The highest BCUT2D eigenvalue weighted by atomic mass is 16.5. The Morgan fingerprint density at radius 1 is 1.32 bits per heavy atom. The zero-order valence-corrected chi connectivity index (χ0v) is 21.5. The van der Waals surface area contributed by atoms with Crippen molar-refractivity contribution < 1.29 is 24.2 Å². The molecule has 0 saturated carbocycles. The molecule has 4 heterocycles. The maximum Gasteiger partial charge on any atom is 0.255 e. The van der Waals surface area contributed by atoms with E-state index in [1.54, 1.807) is 6.07 Å². The van der Waals surface area contributed by atoms with E-state index in [1.165, 1.54) is 0 Å². The van der Waals surface area contributed by atoms with Crippen molar-refractivity contribution in [3.8, 4) is 5.75 Å². The van der Waals surface area contributed by atoms with E-state index in [0.29, 0.717) is 30.8 Å². The maximum absolute atomic E-state index is 13.3. The molecule has 0 bridgehead atoms. The first-order valence-electron chi connectivity index (χ1n) is 13.0. The zero-order chi connectivity index (χ0) is 27.2. The molecule has 13 nitrogen and oxygen atoms in total. The number of carbonyl (C=O) groups is 3. The van der Waals surface area contributed by atoms with E-state index in [2.05, 4.69) is 45.7 Å². The van der Waals surface area contributed by atoms with Crippen molar-refractivity contribution in [2.45, 2.75) is 74.5 Å². The van der Waals surface area contributed by atoms with Crippen molar-refractivity contribution in [1.82, 2.24) is 31.9 Å². The van der Waals surface area contributed by atoms with Gasteiger partial charge in [0, 0.05) is 31.1 Å². The Balaban J connectivity index is 1.26. The summed E-state index contributed by atoms with van der Waals surface area (Å²) >= 11 is 0.